The van der Waals surface area contributed by atoms with Gasteiger partial charge in [-0.15, -0.1) is 0 Å². The molecule has 2 nitrogen and oxygen atoms in total. The van der Waals surface area contributed by atoms with E-state index in [0.29, 0.717) is 6.04 Å². The van der Waals surface area contributed by atoms with Crippen molar-refractivity contribution in [3.63, 3.8) is 0 Å². The Kier molecular flexibility index (Phi) is 3.70. The Labute approximate surface area is 128 Å². The predicted molar refractivity (Wildman–Crippen MR) is 86.6 cm³/mol. The summed E-state index contributed by atoms with van der Waals surface area (Å²) in [7, 11) is 1.71. The molecule has 1 unspecified atom stereocenters. The first-order valence-corrected chi connectivity index (χ1v) is 7.67. The minimum absolute atomic E-state index is 0.398. The van der Waals surface area contributed by atoms with E-state index < -0.39 is 0 Å². The van der Waals surface area contributed by atoms with Gasteiger partial charge in [0.25, 0.3) is 0 Å². The quantitative estimate of drug-likeness (QED) is 0.866. The molecule has 0 radical (unpaired) electrons. The third kappa shape index (κ3) is 2.42. The topological polar surface area (TPSA) is 21.3 Å². The summed E-state index contributed by atoms with van der Waals surface area (Å²) >= 11 is 3.65. The van der Waals surface area contributed by atoms with Gasteiger partial charge in [0.15, 0.2) is 0 Å². The number of halogens is 1. The minimum atomic E-state index is 0.398. The molecule has 1 aliphatic carbocycles. The van der Waals surface area contributed by atoms with Crippen molar-refractivity contribution >= 4 is 21.6 Å². The summed E-state index contributed by atoms with van der Waals surface area (Å²) in [5.74, 6) is 0.935. The zero-order valence-corrected chi connectivity index (χ0v) is 13.3. The van der Waals surface area contributed by atoms with Gasteiger partial charge in [-0.25, -0.2) is 0 Å². The molecule has 0 amide bonds. The van der Waals surface area contributed by atoms with Gasteiger partial charge in [0.05, 0.1) is 13.2 Å². The SMILES string of the molecule is COc1ccc(NC2CCc3c(Br)cccc32)cc1C. The Hall–Kier alpha value is -1.48. The standard InChI is InChI=1S/C17H18BrNO/c1-11-10-12(6-9-17(11)20-2)19-16-8-7-13-14(16)4-3-5-15(13)18/h3-6,9-10,16,19H,7-8H2,1-2H3. The van der Waals surface area contributed by atoms with Crippen LogP contribution in [0.3, 0.4) is 0 Å². The second-order valence-electron chi connectivity index (χ2n) is 5.23. The maximum absolute atomic E-state index is 5.31. The number of hydrogen-bond acceptors (Lipinski definition) is 2. The molecule has 0 fully saturated rings. The van der Waals surface area contributed by atoms with Crippen LogP contribution in [-0.2, 0) is 6.42 Å². The maximum Gasteiger partial charge on any atom is 0.121 e. The molecule has 0 saturated carbocycles. The smallest absolute Gasteiger partial charge is 0.121 e. The molecule has 0 saturated heterocycles. The van der Waals surface area contributed by atoms with Gasteiger partial charge in [0.2, 0.25) is 0 Å². The van der Waals surface area contributed by atoms with Crippen molar-refractivity contribution in [2.45, 2.75) is 25.8 Å². The second-order valence-corrected chi connectivity index (χ2v) is 6.08. The highest BCUT2D eigenvalue weighted by Gasteiger charge is 2.23. The molecule has 20 heavy (non-hydrogen) atoms. The molecule has 0 aromatic heterocycles. The van der Waals surface area contributed by atoms with Gasteiger partial charge < -0.3 is 10.1 Å². The van der Waals surface area contributed by atoms with Crippen LogP contribution in [0.4, 0.5) is 5.69 Å². The Balaban J connectivity index is 1.84. The van der Waals surface area contributed by atoms with Crippen LogP contribution in [0.2, 0.25) is 0 Å². The summed E-state index contributed by atoms with van der Waals surface area (Å²) in [6.07, 6.45) is 2.27. The third-order valence-corrected chi connectivity index (χ3v) is 4.69. The highest BCUT2D eigenvalue weighted by atomic mass is 79.9. The molecule has 0 aliphatic heterocycles. The molecular formula is C17H18BrNO. The largest absolute Gasteiger partial charge is 0.496 e. The Morgan fingerprint density at radius 1 is 1.25 bits per heavy atom. The molecule has 0 bridgehead atoms. The van der Waals surface area contributed by atoms with Gasteiger partial charge in [0.1, 0.15) is 5.75 Å². The first kappa shape index (κ1) is 13.5. The molecule has 1 atom stereocenters. The number of aryl methyl sites for hydroxylation is 1. The van der Waals surface area contributed by atoms with Crippen molar-refractivity contribution < 1.29 is 4.74 Å². The lowest BCUT2D eigenvalue weighted by Crippen LogP contribution is -2.07. The summed E-state index contributed by atoms with van der Waals surface area (Å²) in [4.78, 5) is 0. The zero-order chi connectivity index (χ0) is 14.1. The van der Waals surface area contributed by atoms with Crippen molar-refractivity contribution in [1.82, 2.24) is 0 Å². The normalized spacial score (nSPS) is 16.9. The number of hydrogen-bond donors (Lipinski definition) is 1. The van der Waals surface area contributed by atoms with Crippen LogP contribution in [0.5, 0.6) is 5.75 Å². The van der Waals surface area contributed by atoms with E-state index in [-0.39, 0.29) is 0 Å². The predicted octanol–water partition coefficient (Wildman–Crippen LogP) is 4.87. The number of ether oxygens (including phenoxy) is 1. The van der Waals surface area contributed by atoms with Crippen LogP contribution < -0.4 is 10.1 Å². The fourth-order valence-corrected chi connectivity index (χ4v) is 3.51. The van der Waals surface area contributed by atoms with Gasteiger partial charge in [-0.05, 0) is 60.7 Å². The molecule has 0 heterocycles. The van der Waals surface area contributed by atoms with Crippen molar-refractivity contribution in [3.05, 3.63) is 57.6 Å². The molecule has 2 aromatic carbocycles. The molecule has 2 aromatic rings. The van der Waals surface area contributed by atoms with E-state index in [4.69, 9.17) is 4.74 Å². The number of fused-ring (bicyclic) bond motifs is 1. The number of anilines is 1. The van der Waals surface area contributed by atoms with E-state index in [2.05, 4.69) is 58.5 Å². The lowest BCUT2D eigenvalue weighted by atomic mass is 10.1. The zero-order valence-electron chi connectivity index (χ0n) is 11.7. The minimum Gasteiger partial charge on any atom is -0.496 e. The van der Waals surface area contributed by atoms with E-state index in [1.165, 1.54) is 15.6 Å². The van der Waals surface area contributed by atoms with Crippen LogP contribution in [0.1, 0.15) is 29.2 Å². The van der Waals surface area contributed by atoms with Gasteiger partial charge in [0, 0.05) is 10.2 Å². The van der Waals surface area contributed by atoms with Gasteiger partial charge in [-0.2, -0.15) is 0 Å². The van der Waals surface area contributed by atoms with E-state index in [9.17, 15) is 0 Å². The third-order valence-electron chi connectivity index (χ3n) is 3.95. The summed E-state index contributed by atoms with van der Waals surface area (Å²) in [5, 5.41) is 3.64. The van der Waals surface area contributed by atoms with E-state index in [1.54, 1.807) is 7.11 Å². The highest BCUT2D eigenvalue weighted by Crippen LogP contribution is 2.38. The summed E-state index contributed by atoms with van der Waals surface area (Å²) in [5.41, 5.74) is 5.16. The lowest BCUT2D eigenvalue weighted by Gasteiger charge is -2.17. The summed E-state index contributed by atoms with van der Waals surface area (Å²) in [6.45, 7) is 2.07. The molecule has 0 spiro atoms. The number of nitrogens with one attached hydrogen (secondary N) is 1. The molecular weight excluding hydrogens is 314 g/mol. The van der Waals surface area contributed by atoms with E-state index >= 15 is 0 Å². The number of rotatable bonds is 3. The molecule has 1 N–H and O–H groups in total. The average molecular weight is 332 g/mol. The van der Waals surface area contributed by atoms with E-state index in [0.717, 1.165) is 29.8 Å². The fourth-order valence-electron chi connectivity index (χ4n) is 2.93. The number of methoxy groups -OCH3 is 1. The van der Waals surface area contributed by atoms with Crippen LogP contribution in [0.25, 0.3) is 0 Å². The summed E-state index contributed by atoms with van der Waals surface area (Å²) < 4.78 is 6.53. The molecule has 1 aliphatic rings. The summed E-state index contributed by atoms with van der Waals surface area (Å²) in [6, 6.07) is 13.1. The second kappa shape index (κ2) is 5.49. The van der Waals surface area contributed by atoms with Crippen molar-refractivity contribution in [2.75, 3.05) is 12.4 Å². The van der Waals surface area contributed by atoms with Crippen LogP contribution in [0, 0.1) is 6.92 Å². The van der Waals surface area contributed by atoms with Gasteiger partial charge >= 0.3 is 0 Å². The van der Waals surface area contributed by atoms with Crippen LogP contribution >= 0.6 is 15.9 Å². The maximum atomic E-state index is 5.31. The Bertz CT molecular complexity index is 639. The van der Waals surface area contributed by atoms with Gasteiger partial charge in [-0.1, -0.05) is 28.1 Å². The fraction of sp³-hybridized carbons (Fsp3) is 0.294. The van der Waals surface area contributed by atoms with Crippen molar-refractivity contribution in [2.24, 2.45) is 0 Å². The highest BCUT2D eigenvalue weighted by molar-refractivity contribution is 9.10. The molecule has 3 rings (SSSR count). The monoisotopic (exact) mass is 331 g/mol. The van der Waals surface area contributed by atoms with Crippen molar-refractivity contribution in [1.29, 1.82) is 0 Å². The van der Waals surface area contributed by atoms with Gasteiger partial charge in [-0.3, -0.25) is 0 Å². The Morgan fingerprint density at radius 2 is 2.10 bits per heavy atom. The first-order valence-electron chi connectivity index (χ1n) is 6.87. The molecule has 104 valence electrons. The number of benzene rings is 2. The average Bonchev–Trinajstić information content (AvgIpc) is 2.84. The first-order chi connectivity index (χ1) is 9.69. The van der Waals surface area contributed by atoms with Crippen LogP contribution in [0.15, 0.2) is 40.9 Å². The Morgan fingerprint density at radius 3 is 2.85 bits per heavy atom. The van der Waals surface area contributed by atoms with Crippen molar-refractivity contribution in [3.8, 4) is 5.75 Å². The van der Waals surface area contributed by atoms with Crippen LogP contribution in [-0.4, -0.2) is 7.11 Å². The van der Waals surface area contributed by atoms with E-state index in [1.807, 2.05) is 6.07 Å². The lowest BCUT2D eigenvalue weighted by molar-refractivity contribution is 0.412. The molecule has 3 heteroatoms.